The van der Waals surface area contributed by atoms with Gasteiger partial charge in [0.05, 0.1) is 53.4 Å². The van der Waals surface area contributed by atoms with Crippen LogP contribution >= 0.6 is 0 Å². The van der Waals surface area contributed by atoms with Crippen LogP contribution in [0.1, 0.15) is 287 Å². The van der Waals surface area contributed by atoms with Crippen molar-refractivity contribution in [2.75, 3.05) is 0 Å². The molecule has 16 saturated carbocycles. The predicted molar refractivity (Wildman–Crippen MR) is 495 cm³/mol. The highest BCUT2D eigenvalue weighted by molar-refractivity contribution is 5.86. The molecule has 128 heavy (non-hydrogen) atoms. The highest BCUT2D eigenvalue weighted by Crippen LogP contribution is 2.70. The summed E-state index contributed by atoms with van der Waals surface area (Å²) in [4.78, 5) is 67.3. The van der Waals surface area contributed by atoms with E-state index in [4.69, 9.17) is 0 Å². The van der Waals surface area contributed by atoms with Gasteiger partial charge in [-0.3, -0.25) is 33.5 Å². The van der Waals surface area contributed by atoms with Crippen molar-refractivity contribution in [3.05, 3.63) is 97.8 Å². The van der Waals surface area contributed by atoms with Crippen LogP contribution in [-0.4, -0.2) is 125 Å². The zero-order chi connectivity index (χ0) is 88.3. The largest absolute Gasteiger partial charge is 0.390 e. The van der Waals surface area contributed by atoms with E-state index in [0.717, 1.165) is 192 Å². The predicted octanol–water partition coefficient (Wildman–Crippen LogP) is 20.1. The molecule has 7 aromatic heterocycles. The smallest absolute Gasteiger partial charge is 0.181 e. The van der Waals surface area contributed by atoms with Gasteiger partial charge in [0.25, 0.3) is 0 Å². The second kappa shape index (κ2) is 33.6. The van der Waals surface area contributed by atoms with Gasteiger partial charge in [-0.2, -0.15) is 15.3 Å². The Bertz CT molecular complexity index is 5020. The average Bonchev–Trinajstić information content (AvgIpc) is 1.50. The van der Waals surface area contributed by atoms with Crippen molar-refractivity contribution in [3.8, 4) is 0 Å². The first kappa shape index (κ1) is 87.6. The summed E-state index contributed by atoms with van der Waals surface area (Å²) in [5.41, 5.74) is 3.85. The van der Waals surface area contributed by atoms with E-state index >= 15 is 0 Å². The monoisotopic (exact) mass is 1740 g/mol. The number of hydrogen-bond acceptors (Lipinski definition) is 16. The Kier molecular flexibility index (Phi) is 23.0. The summed E-state index contributed by atoms with van der Waals surface area (Å²) in [5.74, 6) is 17.3. The molecule has 688 valence electrons. The molecule has 20 heteroatoms. The first-order valence-electron chi connectivity index (χ1n) is 51.5. The number of fused-ring (bicyclic) bond motifs is 24. The van der Waals surface area contributed by atoms with Crippen LogP contribution < -0.4 is 0 Å². The minimum absolute atomic E-state index is 0.141. The van der Waals surface area contributed by atoms with Gasteiger partial charge in [-0.25, -0.2) is 19.3 Å². The lowest BCUT2D eigenvalue weighted by Gasteiger charge is -2.56. The van der Waals surface area contributed by atoms with Crippen molar-refractivity contribution in [1.29, 1.82) is 0 Å². The maximum Gasteiger partial charge on any atom is 0.181 e. The first-order chi connectivity index (χ1) is 61.4. The summed E-state index contributed by atoms with van der Waals surface area (Å²) in [5, 5.41) is 66.6. The fourth-order valence-corrected chi connectivity index (χ4v) is 35.5. The molecule has 0 aliphatic heterocycles. The Labute approximate surface area is 758 Å². The molecule has 7 heterocycles. The minimum Gasteiger partial charge on any atom is -0.390 e. The normalized spacial score (nSPS) is 43.5. The highest BCUT2D eigenvalue weighted by atomic mass is 16.3. The number of hydrogen-bond donors (Lipinski definition) is 4. The third-order valence-corrected chi connectivity index (χ3v) is 41.2. The number of rotatable bonds is 12. The van der Waals surface area contributed by atoms with Gasteiger partial charge in [-0.05, 0) is 447 Å². The van der Waals surface area contributed by atoms with E-state index in [-0.39, 0.29) is 45.3 Å². The number of aliphatic hydroxyl groups is 4. The zero-order valence-corrected chi connectivity index (χ0v) is 78.2. The van der Waals surface area contributed by atoms with Gasteiger partial charge in [-0.15, -0.1) is 5.10 Å². The number of aromatic nitrogens is 12. The van der Waals surface area contributed by atoms with Crippen molar-refractivity contribution in [2.45, 2.75) is 335 Å². The van der Waals surface area contributed by atoms with Crippen LogP contribution in [0.25, 0.3) is 44.1 Å². The first-order valence-corrected chi connectivity index (χ1v) is 51.5. The van der Waals surface area contributed by atoms with Crippen LogP contribution in [0, 0.1) is 164 Å². The van der Waals surface area contributed by atoms with E-state index in [9.17, 15) is 39.6 Å². The molecular formula is C108H148N12O8. The second-order valence-electron chi connectivity index (χ2n) is 48.2. The molecule has 1 aromatic carbocycles. The zero-order valence-electron chi connectivity index (χ0n) is 78.2. The standard InChI is InChI=1S/4C27H37N3O2/c1-26(32)11-9-18-17(14-26)5-6-20-19(18)10-12-27(2)21(20)7-8-22(27)25(31)16-30-15-24-23(29-30)4-3-13-28-24;1-26(32)11-9-19-17(14-26)5-6-21-20(19)10-12-27(2)22(21)7-8-23(27)24(31)16-30-15-18-4-3-13-28-25(18)29-30;1-26(32)11-9-19-17(14-26)5-6-21-20(19)10-12-27(2)22(21)7-8-23(27)24(31)16-30-25-18(15-29-30)4-3-13-28-25;1-26(32)13-11-18-17(15-26)7-8-20-19(18)12-14-27(2)21(20)9-10-22(27)25(31)16-30-24-6-4-3-5-23(24)28-29-30/h3-4,13,15,17-22,32H,5-12,14,16H2,1-2H3;2*3-4,13,15,17,19-23,32H,5-12,14,16H2,1-2H3;3-6,17-22,32H,7-16H2,1-2H3/t17-,18+,19-,20-,21+,22-,26-,27+;2*17-,19+,20-,21-,22+,23-,26-,27+;17-,18+,19-,20-,21+,22-,26-,27+/m1111/s1. The van der Waals surface area contributed by atoms with Gasteiger partial charge in [-0.1, -0.05) is 45.0 Å². The Hall–Kier alpha value is -7.00. The van der Waals surface area contributed by atoms with Crippen molar-refractivity contribution in [2.24, 2.45) is 164 Å². The molecule has 0 radical (unpaired) electrons. The van der Waals surface area contributed by atoms with Crippen LogP contribution in [0.2, 0.25) is 0 Å². The molecule has 0 bridgehead atoms. The van der Waals surface area contributed by atoms with Crippen molar-refractivity contribution >= 4 is 67.3 Å². The van der Waals surface area contributed by atoms with E-state index in [0.29, 0.717) is 96.7 Å². The van der Waals surface area contributed by atoms with E-state index in [2.05, 4.69) is 68.3 Å². The Morgan fingerprint density at radius 2 is 0.703 bits per heavy atom. The van der Waals surface area contributed by atoms with Crippen LogP contribution in [-0.2, 0) is 45.4 Å². The van der Waals surface area contributed by atoms with E-state index in [1.165, 1.54) is 154 Å². The number of pyridine rings is 3. The topological polar surface area (TPSA) is 272 Å². The van der Waals surface area contributed by atoms with Gasteiger partial charge in [0, 0.05) is 59.2 Å². The third-order valence-electron chi connectivity index (χ3n) is 41.2. The lowest BCUT2D eigenvalue weighted by Crippen LogP contribution is -2.51. The van der Waals surface area contributed by atoms with Gasteiger partial charge in [0.1, 0.15) is 29.6 Å². The summed E-state index contributed by atoms with van der Waals surface area (Å²) in [7, 11) is 0. The van der Waals surface area contributed by atoms with Crippen molar-refractivity contribution in [3.63, 3.8) is 0 Å². The van der Waals surface area contributed by atoms with Gasteiger partial charge in [0.2, 0.25) is 0 Å². The lowest BCUT2D eigenvalue weighted by molar-refractivity contribution is -0.133. The number of Topliss-reactive ketones (excluding diaryl/α,β-unsaturated/α-hetero) is 4. The van der Waals surface area contributed by atoms with E-state index in [1.807, 2.05) is 107 Å². The summed E-state index contributed by atoms with van der Waals surface area (Å²) in [6.45, 7) is 19.3. The lowest BCUT2D eigenvalue weighted by atomic mass is 9.49. The Morgan fingerprint density at radius 1 is 0.336 bits per heavy atom. The molecule has 8 aromatic rings. The Balaban J connectivity index is 0.000000104. The summed E-state index contributed by atoms with van der Waals surface area (Å²) >= 11 is 0. The molecule has 0 saturated heterocycles. The summed E-state index contributed by atoms with van der Waals surface area (Å²) in [6.07, 6.45) is 52.9. The molecular weight excluding hydrogens is 1590 g/mol. The van der Waals surface area contributed by atoms with Gasteiger partial charge < -0.3 is 20.4 Å². The average molecular weight is 1740 g/mol. The van der Waals surface area contributed by atoms with Crippen molar-refractivity contribution in [1.82, 2.24) is 59.3 Å². The number of ketones is 4. The fraction of sp³-hybridized carbons (Fsp3) is 0.741. The molecule has 0 amide bonds. The molecule has 0 spiro atoms. The molecule has 16 aliphatic rings. The number of para-hydroxylation sites is 1. The van der Waals surface area contributed by atoms with Crippen LogP contribution in [0.15, 0.2) is 97.8 Å². The van der Waals surface area contributed by atoms with Gasteiger partial charge in [0.15, 0.2) is 34.4 Å². The number of carbonyl (C=O) groups is 4. The van der Waals surface area contributed by atoms with E-state index in [1.54, 1.807) is 37.3 Å². The van der Waals surface area contributed by atoms with Crippen LogP contribution in [0.3, 0.4) is 0 Å². The molecule has 32 atom stereocenters. The number of nitrogens with zero attached hydrogens (tertiary/aromatic N) is 12. The maximum atomic E-state index is 13.6. The minimum atomic E-state index is -0.451. The number of benzene rings is 1. The third kappa shape index (κ3) is 15.9. The van der Waals surface area contributed by atoms with E-state index < -0.39 is 22.4 Å². The maximum absolute atomic E-state index is 13.6. The second-order valence-corrected chi connectivity index (χ2v) is 48.2. The van der Waals surface area contributed by atoms with Crippen molar-refractivity contribution < 1.29 is 39.6 Å². The number of carbonyl (C=O) groups excluding carboxylic acids is 4. The molecule has 4 N–H and O–H groups in total. The molecule has 16 aliphatic carbocycles. The quantitative estimate of drug-likeness (QED) is 0.0885. The summed E-state index contributed by atoms with van der Waals surface area (Å²) < 4.78 is 7.22. The molecule has 16 fully saturated rings. The molecule has 24 rings (SSSR count). The molecule has 0 unspecified atom stereocenters. The summed E-state index contributed by atoms with van der Waals surface area (Å²) in [6, 6.07) is 19.6. The highest BCUT2D eigenvalue weighted by Gasteiger charge is 2.64. The van der Waals surface area contributed by atoms with Crippen LogP contribution in [0.4, 0.5) is 0 Å². The van der Waals surface area contributed by atoms with Crippen LogP contribution in [0.5, 0.6) is 0 Å². The SMILES string of the molecule is C[C@@]1(O)CC[C@H]2[C@H](CC[C@@H]3[C@@H]2CC[C@]2(C)[C@@H](C(=O)Cn4cc5cccnc5n4)CC[C@@H]32)C1.C[C@@]1(O)CC[C@H]2[C@H](CC[C@@H]3[C@@H]2CC[C@]2(C)[C@@H](C(=O)Cn4cc5ncccc5n4)CC[C@@H]32)C1.C[C@@]1(O)CC[C@H]2[C@H](CC[C@@H]3[C@@H]2CC[C@]2(C)[C@@H](C(=O)Cn4ncc5cccnc54)CC[C@@H]32)C1.C[C@@]1(O)CC[C@H]2[C@H](CC[C@@H]3[C@@H]2CC[C@]2(C)[C@@H](C(=O)Cn4nnc5ccccc54)CC[C@@H]32)C1. The Morgan fingerprint density at radius 3 is 1.13 bits per heavy atom. The molecule has 20 nitrogen and oxygen atoms in total. The fourth-order valence-electron chi connectivity index (χ4n) is 35.5. The van der Waals surface area contributed by atoms with Gasteiger partial charge >= 0.3 is 0 Å².